The number of ether oxygens (including phenoxy) is 2. The number of benzene rings is 1. The van der Waals surface area contributed by atoms with Crippen LogP contribution in [0.15, 0.2) is 18.2 Å². The van der Waals surface area contributed by atoms with Gasteiger partial charge in [0.25, 0.3) is 0 Å². The van der Waals surface area contributed by atoms with E-state index in [1.54, 1.807) is 0 Å². The Morgan fingerprint density at radius 3 is 2.90 bits per heavy atom. The van der Waals surface area contributed by atoms with Gasteiger partial charge in [0.1, 0.15) is 13.2 Å². The number of carbonyl (C=O) groups excluding carboxylic acids is 1. The lowest BCUT2D eigenvalue weighted by Crippen LogP contribution is -2.40. The summed E-state index contributed by atoms with van der Waals surface area (Å²) >= 11 is 0. The summed E-state index contributed by atoms with van der Waals surface area (Å²) in [6.45, 7) is 2.03. The molecule has 1 aromatic rings. The van der Waals surface area contributed by atoms with E-state index in [9.17, 15) is 9.90 Å². The summed E-state index contributed by atoms with van der Waals surface area (Å²) in [6.07, 6.45) is 0.0347. The molecule has 0 aliphatic carbocycles. The van der Waals surface area contributed by atoms with Crippen LogP contribution in [0.25, 0.3) is 0 Å². The smallest absolute Gasteiger partial charge is 0.237 e. The van der Waals surface area contributed by atoms with Gasteiger partial charge in [-0.1, -0.05) is 6.07 Å². The summed E-state index contributed by atoms with van der Waals surface area (Å²) in [5, 5.41) is 15.2. The van der Waals surface area contributed by atoms with Crippen molar-refractivity contribution in [2.75, 3.05) is 19.8 Å². The summed E-state index contributed by atoms with van der Waals surface area (Å²) in [7, 11) is 0. The number of aliphatic hydroxyl groups excluding tert-OH is 1. The van der Waals surface area contributed by atoms with Crippen LogP contribution in [0.2, 0.25) is 0 Å². The van der Waals surface area contributed by atoms with Crippen LogP contribution in [0, 0.1) is 0 Å². The van der Waals surface area contributed by atoms with Gasteiger partial charge in [0, 0.05) is 13.1 Å². The van der Waals surface area contributed by atoms with Gasteiger partial charge in [-0.15, -0.1) is 0 Å². The second-order valence-corrected chi connectivity index (χ2v) is 5.05. The first kappa shape index (κ1) is 13.2. The van der Waals surface area contributed by atoms with Crippen LogP contribution in [0.3, 0.4) is 0 Å². The third-order valence-corrected chi connectivity index (χ3v) is 3.50. The van der Waals surface area contributed by atoms with E-state index >= 15 is 0 Å². The van der Waals surface area contributed by atoms with E-state index < -0.39 is 6.10 Å². The second-order valence-electron chi connectivity index (χ2n) is 5.05. The predicted octanol–water partition coefficient (Wildman–Crippen LogP) is -0.203. The minimum atomic E-state index is -0.431. The predicted molar refractivity (Wildman–Crippen MR) is 71.7 cm³/mol. The van der Waals surface area contributed by atoms with Gasteiger partial charge >= 0.3 is 0 Å². The van der Waals surface area contributed by atoms with Crippen LogP contribution >= 0.6 is 0 Å². The molecule has 1 amide bonds. The van der Waals surface area contributed by atoms with Crippen LogP contribution in [-0.2, 0) is 11.3 Å². The molecule has 108 valence electrons. The minimum Gasteiger partial charge on any atom is -0.486 e. The summed E-state index contributed by atoms with van der Waals surface area (Å²) in [6, 6.07) is 5.34. The Morgan fingerprint density at radius 1 is 1.35 bits per heavy atom. The number of rotatable bonds is 3. The maximum Gasteiger partial charge on any atom is 0.237 e. The molecule has 1 aromatic carbocycles. The molecule has 2 unspecified atom stereocenters. The Bertz CT molecular complexity index is 506. The first-order valence-corrected chi connectivity index (χ1v) is 6.80. The molecule has 0 aromatic heterocycles. The molecule has 2 aliphatic rings. The number of aliphatic hydroxyl groups is 1. The zero-order valence-electron chi connectivity index (χ0n) is 11.1. The van der Waals surface area contributed by atoms with Crippen LogP contribution < -0.4 is 20.1 Å². The molecule has 1 saturated heterocycles. The maximum atomic E-state index is 11.9. The molecule has 2 aliphatic heterocycles. The van der Waals surface area contributed by atoms with Crippen molar-refractivity contribution >= 4 is 5.91 Å². The highest BCUT2D eigenvalue weighted by Gasteiger charge is 2.27. The Hall–Kier alpha value is -1.79. The highest BCUT2D eigenvalue weighted by Crippen LogP contribution is 2.30. The van der Waals surface area contributed by atoms with E-state index in [1.165, 1.54) is 0 Å². The second kappa shape index (κ2) is 5.68. The molecule has 0 spiro atoms. The fourth-order valence-corrected chi connectivity index (χ4v) is 2.43. The average Bonchev–Trinajstić information content (AvgIpc) is 2.91. The monoisotopic (exact) mass is 278 g/mol. The first-order chi connectivity index (χ1) is 9.72. The third kappa shape index (κ3) is 2.86. The molecule has 3 N–H and O–H groups in total. The number of nitrogens with one attached hydrogen (secondary N) is 2. The van der Waals surface area contributed by atoms with Crippen molar-refractivity contribution < 1.29 is 19.4 Å². The topological polar surface area (TPSA) is 79.8 Å². The van der Waals surface area contributed by atoms with Crippen molar-refractivity contribution in [3.63, 3.8) is 0 Å². The van der Waals surface area contributed by atoms with Gasteiger partial charge in [0.05, 0.1) is 12.1 Å². The summed E-state index contributed by atoms with van der Waals surface area (Å²) in [5.74, 6) is 1.38. The Kier molecular flexibility index (Phi) is 3.75. The number of carbonyl (C=O) groups is 1. The van der Waals surface area contributed by atoms with Gasteiger partial charge in [-0.2, -0.15) is 0 Å². The fourth-order valence-electron chi connectivity index (χ4n) is 2.43. The molecule has 0 bridgehead atoms. The normalized spacial score (nSPS) is 24.4. The van der Waals surface area contributed by atoms with E-state index in [1.807, 2.05) is 18.2 Å². The summed E-state index contributed by atoms with van der Waals surface area (Å²) < 4.78 is 10.9. The molecule has 2 heterocycles. The molecule has 6 nitrogen and oxygen atoms in total. The molecule has 2 atom stereocenters. The summed E-state index contributed by atoms with van der Waals surface area (Å²) in [5.41, 5.74) is 0.959. The van der Waals surface area contributed by atoms with E-state index in [0.29, 0.717) is 32.7 Å². The largest absolute Gasteiger partial charge is 0.486 e. The molecule has 1 fully saturated rings. The Morgan fingerprint density at radius 2 is 2.15 bits per heavy atom. The third-order valence-electron chi connectivity index (χ3n) is 3.50. The maximum absolute atomic E-state index is 11.9. The Balaban J connectivity index is 1.57. The highest BCUT2D eigenvalue weighted by atomic mass is 16.6. The molecule has 0 radical (unpaired) electrons. The van der Waals surface area contributed by atoms with Gasteiger partial charge in [-0.25, -0.2) is 0 Å². The molecule has 20 heavy (non-hydrogen) atoms. The summed E-state index contributed by atoms with van der Waals surface area (Å²) in [4.78, 5) is 11.9. The van der Waals surface area contributed by atoms with Gasteiger partial charge in [-0.3, -0.25) is 4.79 Å². The Labute approximate surface area is 117 Å². The van der Waals surface area contributed by atoms with Crippen LogP contribution in [-0.4, -0.2) is 42.9 Å². The van der Waals surface area contributed by atoms with Crippen LogP contribution in [0.5, 0.6) is 11.5 Å². The van der Waals surface area contributed by atoms with Crippen LogP contribution in [0.4, 0.5) is 0 Å². The van der Waals surface area contributed by atoms with Gasteiger partial charge < -0.3 is 25.2 Å². The number of hydrogen-bond acceptors (Lipinski definition) is 5. The molecule has 3 rings (SSSR count). The fraction of sp³-hybridized carbons (Fsp3) is 0.500. The molecule has 6 heteroatoms. The van der Waals surface area contributed by atoms with Crippen LogP contribution in [0.1, 0.15) is 12.0 Å². The number of amides is 1. The van der Waals surface area contributed by atoms with E-state index in [0.717, 1.165) is 17.1 Å². The SMILES string of the molecule is O=C(NCc1ccc2c(c1)OCCO2)C1CC(O)CN1. The van der Waals surface area contributed by atoms with Crippen molar-refractivity contribution in [2.45, 2.75) is 25.1 Å². The average molecular weight is 278 g/mol. The zero-order chi connectivity index (χ0) is 13.9. The van der Waals surface area contributed by atoms with Crippen molar-refractivity contribution in [1.29, 1.82) is 0 Å². The van der Waals surface area contributed by atoms with Crippen molar-refractivity contribution in [3.8, 4) is 11.5 Å². The number of fused-ring (bicyclic) bond motifs is 1. The van der Waals surface area contributed by atoms with Gasteiger partial charge in [0.2, 0.25) is 5.91 Å². The van der Waals surface area contributed by atoms with E-state index in [2.05, 4.69) is 10.6 Å². The van der Waals surface area contributed by atoms with Crippen molar-refractivity contribution in [3.05, 3.63) is 23.8 Å². The lowest BCUT2D eigenvalue weighted by molar-refractivity contribution is -0.123. The highest BCUT2D eigenvalue weighted by molar-refractivity contribution is 5.82. The quantitative estimate of drug-likeness (QED) is 0.713. The minimum absolute atomic E-state index is 0.0866. The van der Waals surface area contributed by atoms with Crippen molar-refractivity contribution in [2.24, 2.45) is 0 Å². The first-order valence-electron chi connectivity index (χ1n) is 6.80. The van der Waals surface area contributed by atoms with Gasteiger partial charge in [0.15, 0.2) is 11.5 Å². The lowest BCUT2D eigenvalue weighted by Gasteiger charge is -2.19. The molecular weight excluding hydrogens is 260 g/mol. The zero-order valence-corrected chi connectivity index (χ0v) is 11.1. The van der Waals surface area contributed by atoms with E-state index in [4.69, 9.17) is 9.47 Å². The van der Waals surface area contributed by atoms with Gasteiger partial charge in [-0.05, 0) is 24.1 Å². The molecule has 0 saturated carbocycles. The number of β-amino-alcohol motifs (C(OH)–C–C–N with tert-alkyl or cyclic N) is 1. The van der Waals surface area contributed by atoms with Crippen molar-refractivity contribution in [1.82, 2.24) is 10.6 Å². The lowest BCUT2D eigenvalue weighted by atomic mass is 10.1. The van der Waals surface area contributed by atoms with E-state index in [-0.39, 0.29) is 11.9 Å². The molecular formula is C14H18N2O4. The standard InChI is InChI=1S/C14H18N2O4/c17-10-6-11(15-8-10)14(18)16-7-9-1-2-12-13(5-9)20-4-3-19-12/h1-2,5,10-11,15,17H,3-4,6-8H2,(H,16,18). The number of hydrogen-bond donors (Lipinski definition) is 3.